The Balaban J connectivity index is 1.65. The lowest BCUT2D eigenvalue weighted by molar-refractivity contribution is -0.128. The molecule has 0 aliphatic carbocycles. The van der Waals surface area contributed by atoms with E-state index in [0.29, 0.717) is 30.3 Å². The lowest BCUT2D eigenvalue weighted by Gasteiger charge is -2.23. The predicted molar refractivity (Wildman–Crippen MR) is 103 cm³/mol. The number of hydrogen-bond acceptors (Lipinski definition) is 4. The van der Waals surface area contributed by atoms with E-state index in [1.165, 1.54) is 0 Å². The number of benzene rings is 1. The molecule has 2 heterocycles. The topological polar surface area (TPSA) is 62.6 Å². The van der Waals surface area contributed by atoms with Crippen molar-refractivity contribution in [2.45, 2.75) is 32.2 Å². The minimum Gasteiger partial charge on any atom is -0.467 e. The first-order chi connectivity index (χ1) is 12.5. The van der Waals surface area contributed by atoms with Crippen molar-refractivity contribution in [1.29, 1.82) is 0 Å². The van der Waals surface area contributed by atoms with E-state index in [2.05, 4.69) is 19.2 Å². The average Bonchev–Trinajstić information content (AvgIpc) is 3.26. The van der Waals surface area contributed by atoms with Gasteiger partial charge < -0.3 is 14.6 Å². The van der Waals surface area contributed by atoms with Crippen molar-refractivity contribution in [2.24, 2.45) is 5.92 Å². The van der Waals surface area contributed by atoms with Crippen molar-refractivity contribution in [2.75, 3.05) is 12.3 Å². The molecule has 6 heteroatoms. The van der Waals surface area contributed by atoms with E-state index < -0.39 is 0 Å². The molecule has 1 saturated heterocycles. The molecule has 1 aromatic heterocycles. The van der Waals surface area contributed by atoms with Gasteiger partial charge >= 0.3 is 0 Å². The fraction of sp³-hybridized carbons (Fsp3) is 0.400. The van der Waals surface area contributed by atoms with Crippen molar-refractivity contribution in [1.82, 2.24) is 10.2 Å². The minimum absolute atomic E-state index is 0.0503. The number of hydrogen-bond donors (Lipinski definition) is 1. The van der Waals surface area contributed by atoms with Crippen LogP contribution in [0, 0.1) is 5.92 Å². The molecule has 1 aliphatic rings. The molecule has 1 aromatic carbocycles. The van der Waals surface area contributed by atoms with Gasteiger partial charge in [0.1, 0.15) is 11.1 Å². The van der Waals surface area contributed by atoms with Crippen LogP contribution >= 0.6 is 11.8 Å². The van der Waals surface area contributed by atoms with Crippen molar-refractivity contribution < 1.29 is 14.0 Å². The Bertz CT molecular complexity index is 741. The van der Waals surface area contributed by atoms with Gasteiger partial charge in [-0.05, 0) is 42.2 Å². The lowest BCUT2D eigenvalue weighted by atomic mass is 10.1. The number of carbonyl (C=O) groups excluding carboxylic acids is 2. The Morgan fingerprint density at radius 3 is 2.73 bits per heavy atom. The molecule has 0 spiro atoms. The van der Waals surface area contributed by atoms with Crippen molar-refractivity contribution in [3.05, 3.63) is 59.5 Å². The molecule has 2 aromatic rings. The summed E-state index contributed by atoms with van der Waals surface area (Å²) in [6.45, 7) is 5.41. The van der Waals surface area contributed by atoms with Crippen LogP contribution in [-0.4, -0.2) is 29.0 Å². The van der Waals surface area contributed by atoms with Crippen molar-refractivity contribution in [3.8, 4) is 0 Å². The molecule has 138 valence electrons. The van der Waals surface area contributed by atoms with Gasteiger partial charge in [-0.25, -0.2) is 0 Å². The summed E-state index contributed by atoms with van der Waals surface area (Å²) in [5.74, 6) is 1.84. The molecule has 1 fully saturated rings. The van der Waals surface area contributed by atoms with Crippen LogP contribution in [0.25, 0.3) is 0 Å². The molecule has 26 heavy (non-hydrogen) atoms. The summed E-state index contributed by atoms with van der Waals surface area (Å²) < 4.78 is 5.38. The van der Waals surface area contributed by atoms with Gasteiger partial charge in [-0.2, -0.15) is 0 Å². The maximum Gasteiger partial charge on any atom is 0.251 e. The number of furan rings is 1. The van der Waals surface area contributed by atoms with Crippen LogP contribution in [0.2, 0.25) is 0 Å². The molecule has 0 radical (unpaired) electrons. The highest BCUT2D eigenvalue weighted by Crippen LogP contribution is 2.39. The Morgan fingerprint density at radius 1 is 1.31 bits per heavy atom. The number of amides is 2. The zero-order valence-corrected chi connectivity index (χ0v) is 15.9. The van der Waals surface area contributed by atoms with Crippen LogP contribution in [-0.2, 0) is 11.3 Å². The number of nitrogens with one attached hydrogen (secondary N) is 1. The number of carbonyl (C=O) groups is 2. The zero-order chi connectivity index (χ0) is 18.5. The standard InChI is InChI=1S/C20H24N2O3S/c1-14(2)9-10-21-19(24)15-5-7-16(8-6-15)20-22(18(23)13-26-20)12-17-4-3-11-25-17/h3-8,11,14,20H,9-10,12-13H2,1-2H3,(H,21,24)/t20-/m0/s1. The largest absolute Gasteiger partial charge is 0.467 e. The van der Waals surface area contributed by atoms with E-state index in [9.17, 15) is 9.59 Å². The highest BCUT2D eigenvalue weighted by atomic mass is 32.2. The second kappa shape index (κ2) is 8.45. The van der Waals surface area contributed by atoms with Gasteiger partial charge in [0.15, 0.2) is 0 Å². The molecule has 2 amide bonds. The Kier molecular flexibility index (Phi) is 6.04. The van der Waals surface area contributed by atoms with Gasteiger partial charge in [0.05, 0.1) is 18.6 Å². The second-order valence-corrected chi connectivity index (χ2v) is 7.89. The van der Waals surface area contributed by atoms with E-state index in [0.717, 1.165) is 17.7 Å². The van der Waals surface area contributed by atoms with Crippen LogP contribution in [0.5, 0.6) is 0 Å². The Hall–Kier alpha value is -2.21. The Morgan fingerprint density at radius 2 is 2.08 bits per heavy atom. The van der Waals surface area contributed by atoms with Crippen LogP contribution < -0.4 is 5.32 Å². The quantitative estimate of drug-likeness (QED) is 0.802. The molecule has 0 bridgehead atoms. The monoisotopic (exact) mass is 372 g/mol. The molecule has 0 unspecified atom stereocenters. The van der Waals surface area contributed by atoms with Gasteiger partial charge in [-0.3, -0.25) is 9.59 Å². The van der Waals surface area contributed by atoms with Gasteiger partial charge in [0.25, 0.3) is 5.91 Å². The van der Waals surface area contributed by atoms with Gasteiger partial charge in [0.2, 0.25) is 5.91 Å². The zero-order valence-electron chi connectivity index (χ0n) is 15.1. The van der Waals surface area contributed by atoms with E-state index >= 15 is 0 Å². The summed E-state index contributed by atoms with van der Waals surface area (Å²) >= 11 is 1.60. The van der Waals surface area contributed by atoms with E-state index in [4.69, 9.17) is 4.42 Å². The smallest absolute Gasteiger partial charge is 0.251 e. The highest BCUT2D eigenvalue weighted by Gasteiger charge is 2.33. The van der Waals surface area contributed by atoms with Crippen LogP contribution in [0.4, 0.5) is 0 Å². The molecular weight excluding hydrogens is 348 g/mol. The lowest BCUT2D eigenvalue weighted by Crippen LogP contribution is -2.27. The van der Waals surface area contributed by atoms with Gasteiger partial charge in [-0.1, -0.05) is 26.0 Å². The molecule has 1 aliphatic heterocycles. The van der Waals surface area contributed by atoms with E-state index in [1.807, 2.05) is 41.3 Å². The van der Waals surface area contributed by atoms with E-state index in [1.54, 1.807) is 18.0 Å². The summed E-state index contributed by atoms with van der Waals surface area (Å²) in [6, 6.07) is 11.2. The predicted octanol–water partition coefficient (Wildman–Crippen LogP) is 3.83. The SMILES string of the molecule is CC(C)CCNC(=O)c1ccc([C@@H]2SCC(=O)N2Cc2ccco2)cc1. The molecule has 0 saturated carbocycles. The van der Waals surface area contributed by atoms with Crippen LogP contribution in [0.3, 0.4) is 0 Å². The summed E-state index contributed by atoms with van der Waals surface area (Å²) in [6.07, 6.45) is 2.58. The molecule has 3 rings (SSSR count). The summed E-state index contributed by atoms with van der Waals surface area (Å²) in [4.78, 5) is 26.2. The maximum absolute atomic E-state index is 12.2. The molecule has 1 atom stereocenters. The highest BCUT2D eigenvalue weighted by molar-refractivity contribution is 8.00. The van der Waals surface area contributed by atoms with Gasteiger partial charge in [0, 0.05) is 12.1 Å². The molecular formula is C20H24N2O3S. The summed E-state index contributed by atoms with van der Waals surface area (Å²) in [5.41, 5.74) is 1.66. The molecule has 5 nitrogen and oxygen atoms in total. The third-order valence-electron chi connectivity index (χ3n) is 4.34. The van der Waals surface area contributed by atoms with Crippen molar-refractivity contribution >= 4 is 23.6 Å². The summed E-state index contributed by atoms with van der Waals surface area (Å²) in [7, 11) is 0. The third-order valence-corrected chi connectivity index (χ3v) is 5.60. The van der Waals surface area contributed by atoms with Crippen LogP contribution in [0.15, 0.2) is 47.1 Å². The number of rotatable bonds is 7. The van der Waals surface area contributed by atoms with E-state index in [-0.39, 0.29) is 17.2 Å². The first-order valence-electron chi connectivity index (χ1n) is 8.86. The normalized spacial score (nSPS) is 17.1. The fourth-order valence-electron chi connectivity index (χ4n) is 2.85. The third kappa shape index (κ3) is 4.49. The van der Waals surface area contributed by atoms with Gasteiger partial charge in [-0.15, -0.1) is 11.8 Å². The Labute approximate surface area is 158 Å². The van der Waals surface area contributed by atoms with Crippen LogP contribution in [0.1, 0.15) is 47.3 Å². The maximum atomic E-state index is 12.2. The second-order valence-electron chi connectivity index (χ2n) is 6.82. The number of nitrogens with zero attached hydrogens (tertiary/aromatic N) is 1. The first kappa shape index (κ1) is 18.6. The minimum atomic E-state index is -0.0557. The number of thioether (sulfide) groups is 1. The molecule has 1 N–H and O–H groups in total. The van der Waals surface area contributed by atoms with Crippen molar-refractivity contribution in [3.63, 3.8) is 0 Å². The summed E-state index contributed by atoms with van der Waals surface area (Å²) in [5, 5.41) is 2.89. The fourth-order valence-corrected chi connectivity index (χ4v) is 4.04. The first-order valence-corrected chi connectivity index (χ1v) is 9.91. The average molecular weight is 372 g/mol.